The first kappa shape index (κ1) is 14.8. The van der Waals surface area contributed by atoms with E-state index in [9.17, 15) is 9.90 Å². The van der Waals surface area contributed by atoms with Gasteiger partial charge in [0.2, 0.25) is 0 Å². The zero-order valence-electron chi connectivity index (χ0n) is 12.7. The lowest BCUT2D eigenvalue weighted by molar-refractivity contribution is 0.373. The van der Waals surface area contributed by atoms with E-state index in [-0.39, 0.29) is 11.3 Å². The summed E-state index contributed by atoms with van der Waals surface area (Å²) in [5.74, 6) is 0.878. The number of aryl methyl sites for hydroxylation is 1. The van der Waals surface area contributed by atoms with Crippen LogP contribution in [0.4, 0.5) is 0 Å². The van der Waals surface area contributed by atoms with Gasteiger partial charge >= 0.3 is 0 Å². The van der Waals surface area contributed by atoms with Gasteiger partial charge in [0.25, 0.3) is 5.56 Å². The molecular formula is C17H15N3O3. The van der Waals surface area contributed by atoms with Crippen LogP contribution in [0.3, 0.4) is 0 Å². The topological polar surface area (TPSA) is 76.7 Å². The van der Waals surface area contributed by atoms with Crippen LogP contribution in [-0.4, -0.2) is 28.1 Å². The molecule has 116 valence electrons. The minimum Gasteiger partial charge on any atom is -0.504 e. The standard InChI is InChI=1S/C17H15N3O3/c1-11-19-14-6-4-3-5-13(14)17(22)20(11)18-10-12-7-8-16(23-2)15(21)9-12/h3-10,21H,1-2H3/b18-10-. The third-order valence-electron chi connectivity index (χ3n) is 3.44. The van der Waals surface area contributed by atoms with Crippen LogP contribution in [0.5, 0.6) is 11.5 Å². The molecule has 0 aliphatic rings. The molecule has 0 bridgehead atoms. The van der Waals surface area contributed by atoms with E-state index in [2.05, 4.69) is 10.1 Å². The van der Waals surface area contributed by atoms with Gasteiger partial charge < -0.3 is 9.84 Å². The number of phenols is 1. The number of phenolic OH excluding ortho intramolecular Hbond substituents is 1. The Labute approximate surface area is 132 Å². The van der Waals surface area contributed by atoms with Crippen molar-refractivity contribution in [2.24, 2.45) is 5.10 Å². The first-order valence-corrected chi connectivity index (χ1v) is 7.00. The molecule has 1 heterocycles. The number of methoxy groups -OCH3 is 1. The molecule has 3 rings (SSSR count). The summed E-state index contributed by atoms with van der Waals surface area (Å²) in [5.41, 5.74) is 1.05. The molecule has 1 aromatic heterocycles. The molecule has 0 atom stereocenters. The van der Waals surface area contributed by atoms with Gasteiger partial charge in [0.1, 0.15) is 5.82 Å². The van der Waals surface area contributed by atoms with E-state index in [1.54, 1.807) is 37.3 Å². The summed E-state index contributed by atoms with van der Waals surface area (Å²) < 4.78 is 6.23. The Balaban J connectivity index is 2.04. The van der Waals surface area contributed by atoms with Crippen molar-refractivity contribution in [1.82, 2.24) is 9.66 Å². The van der Waals surface area contributed by atoms with Crippen molar-refractivity contribution in [2.45, 2.75) is 6.92 Å². The second-order valence-corrected chi connectivity index (χ2v) is 4.97. The molecule has 23 heavy (non-hydrogen) atoms. The van der Waals surface area contributed by atoms with Gasteiger partial charge in [0.15, 0.2) is 11.5 Å². The summed E-state index contributed by atoms with van der Waals surface area (Å²) in [7, 11) is 1.48. The van der Waals surface area contributed by atoms with Gasteiger partial charge in [0.05, 0.1) is 24.2 Å². The Morgan fingerprint density at radius 1 is 1.26 bits per heavy atom. The van der Waals surface area contributed by atoms with E-state index in [0.29, 0.717) is 28.0 Å². The highest BCUT2D eigenvalue weighted by atomic mass is 16.5. The monoisotopic (exact) mass is 309 g/mol. The molecule has 0 saturated heterocycles. The number of rotatable bonds is 3. The molecular weight excluding hydrogens is 294 g/mol. The van der Waals surface area contributed by atoms with Gasteiger partial charge in [0, 0.05) is 0 Å². The molecule has 0 fully saturated rings. The first-order chi connectivity index (χ1) is 11.1. The molecule has 0 amide bonds. The third kappa shape index (κ3) is 2.78. The second kappa shape index (κ2) is 5.92. The molecule has 0 spiro atoms. The number of aromatic hydroxyl groups is 1. The summed E-state index contributed by atoms with van der Waals surface area (Å²) in [6.07, 6.45) is 1.49. The second-order valence-electron chi connectivity index (χ2n) is 4.97. The number of hydrogen-bond acceptors (Lipinski definition) is 5. The van der Waals surface area contributed by atoms with Crippen molar-refractivity contribution in [2.75, 3.05) is 7.11 Å². The predicted octanol–water partition coefficient (Wildman–Crippen LogP) is 2.30. The Kier molecular flexibility index (Phi) is 3.80. The lowest BCUT2D eigenvalue weighted by Gasteiger charge is -2.06. The average molecular weight is 309 g/mol. The third-order valence-corrected chi connectivity index (χ3v) is 3.44. The fraction of sp³-hybridized carbons (Fsp3) is 0.118. The van der Waals surface area contributed by atoms with Gasteiger partial charge in [-0.1, -0.05) is 12.1 Å². The van der Waals surface area contributed by atoms with Crippen LogP contribution in [0.1, 0.15) is 11.4 Å². The fourth-order valence-corrected chi connectivity index (χ4v) is 2.28. The van der Waals surface area contributed by atoms with E-state index < -0.39 is 0 Å². The van der Waals surface area contributed by atoms with Crippen molar-refractivity contribution in [3.8, 4) is 11.5 Å². The van der Waals surface area contributed by atoms with Crippen LogP contribution in [-0.2, 0) is 0 Å². The summed E-state index contributed by atoms with van der Waals surface area (Å²) in [6, 6.07) is 12.0. The molecule has 0 radical (unpaired) electrons. The summed E-state index contributed by atoms with van der Waals surface area (Å²) in [6.45, 7) is 1.72. The molecule has 0 saturated carbocycles. The average Bonchev–Trinajstić information content (AvgIpc) is 2.55. The van der Waals surface area contributed by atoms with Gasteiger partial charge in [-0.15, -0.1) is 0 Å². The van der Waals surface area contributed by atoms with E-state index in [0.717, 1.165) is 0 Å². The molecule has 2 aromatic carbocycles. The zero-order chi connectivity index (χ0) is 16.4. The van der Waals surface area contributed by atoms with Gasteiger partial charge in [-0.3, -0.25) is 4.79 Å². The van der Waals surface area contributed by atoms with Gasteiger partial charge in [-0.2, -0.15) is 9.78 Å². The predicted molar refractivity (Wildman–Crippen MR) is 88.4 cm³/mol. The van der Waals surface area contributed by atoms with E-state index >= 15 is 0 Å². The van der Waals surface area contributed by atoms with Gasteiger partial charge in [-0.05, 0) is 42.8 Å². The Morgan fingerprint density at radius 3 is 2.78 bits per heavy atom. The highest BCUT2D eigenvalue weighted by Gasteiger charge is 2.06. The largest absolute Gasteiger partial charge is 0.504 e. The number of fused-ring (bicyclic) bond motifs is 1. The number of para-hydroxylation sites is 1. The number of benzene rings is 2. The summed E-state index contributed by atoms with van der Waals surface area (Å²) in [4.78, 5) is 16.9. The highest BCUT2D eigenvalue weighted by molar-refractivity contribution is 5.81. The van der Waals surface area contributed by atoms with Crippen LogP contribution in [0.2, 0.25) is 0 Å². The molecule has 0 aliphatic heterocycles. The molecule has 0 unspecified atom stereocenters. The fourth-order valence-electron chi connectivity index (χ4n) is 2.28. The minimum absolute atomic E-state index is 0.0113. The normalized spacial score (nSPS) is 11.2. The van der Waals surface area contributed by atoms with Gasteiger partial charge in [-0.25, -0.2) is 4.98 Å². The van der Waals surface area contributed by atoms with E-state index in [1.165, 1.54) is 24.1 Å². The van der Waals surface area contributed by atoms with Crippen LogP contribution < -0.4 is 10.3 Å². The molecule has 0 aliphatic carbocycles. The smallest absolute Gasteiger partial charge is 0.282 e. The summed E-state index contributed by atoms with van der Waals surface area (Å²) in [5, 5.41) is 14.5. The quantitative estimate of drug-likeness (QED) is 0.753. The Morgan fingerprint density at radius 2 is 2.04 bits per heavy atom. The van der Waals surface area contributed by atoms with Crippen molar-refractivity contribution in [1.29, 1.82) is 0 Å². The maximum Gasteiger partial charge on any atom is 0.282 e. The lowest BCUT2D eigenvalue weighted by atomic mass is 10.2. The molecule has 6 heteroatoms. The van der Waals surface area contributed by atoms with Crippen LogP contribution in [0.15, 0.2) is 52.4 Å². The molecule has 6 nitrogen and oxygen atoms in total. The van der Waals surface area contributed by atoms with E-state index in [1.807, 2.05) is 6.07 Å². The van der Waals surface area contributed by atoms with Crippen molar-refractivity contribution in [3.05, 3.63) is 64.2 Å². The Bertz CT molecular complexity index is 961. The van der Waals surface area contributed by atoms with Crippen LogP contribution in [0, 0.1) is 6.92 Å². The van der Waals surface area contributed by atoms with E-state index in [4.69, 9.17) is 4.74 Å². The van der Waals surface area contributed by atoms with Crippen molar-refractivity contribution in [3.63, 3.8) is 0 Å². The Hall–Kier alpha value is -3.15. The van der Waals surface area contributed by atoms with Crippen molar-refractivity contribution >= 4 is 17.1 Å². The SMILES string of the molecule is COc1ccc(/C=N\n2c(C)nc3ccccc3c2=O)cc1O. The minimum atomic E-state index is -0.234. The number of ether oxygens (including phenoxy) is 1. The first-order valence-electron chi connectivity index (χ1n) is 7.00. The lowest BCUT2D eigenvalue weighted by Crippen LogP contribution is -2.20. The summed E-state index contributed by atoms with van der Waals surface area (Å²) >= 11 is 0. The zero-order valence-corrected chi connectivity index (χ0v) is 12.7. The number of aromatic nitrogens is 2. The highest BCUT2D eigenvalue weighted by Crippen LogP contribution is 2.25. The molecule has 3 aromatic rings. The maximum atomic E-state index is 12.5. The van der Waals surface area contributed by atoms with Crippen LogP contribution >= 0.6 is 0 Å². The van der Waals surface area contributed by atoms with Crippen molar-refractivity contribution < 1.29 is 9.84 Å². The number of nitrogens with zero attached hydrogens (tertiary/aromatic N) is 3. The van der Waals surface area contributed by atoms with Crippen LogP contribution in [0.25, 0.3) is 10.9 Å². The number of hydrogen-bond donors (Lipinski definition) is 1. The maximum absolute atomic E-state index is 12.5. The molecule has 1 N–H and O–H groups in total.